The molecule has 3 rings (SSSR count). The molecule has 202 valence electrons. The van der Waals surface area contributed by atoms with Gasteiger partial charge in [0.1, 0.15) is 24.1 Å². The van der Waals surface area contributed by atoms with Crippen molar-refractivity contribution in [1.82, 2.24) is 10.2 Å². The molecule has 0 bridgehead atoms. The highest BCUT2D eigenvalue weighted by Crippen LogP contribution is 2.32. The number of amides is 2. The first-order valence-electron chi connectivity index (χ1n) is 12.2. The molecule has 0 fully saturated rings. The lowest BCUT2D eigenvalue weighted by Crippen LogP contribution is -2.50. The predicted molar refractivity (Wildman–Crippen MR) is 146 cm³/mol. The van der Waals surface area contributed by atoms with Crippen LogP contribution in [0, 0.1) is 0 Å². The molecule has 0 heterocycles. The Morgan fingerprint density at radius 2 is 1.58 bits per heavy atom. The Labute approximate surface area is 224 Å². The molecule has 1 N–H and O–H groups in total. The molecule has 0 spiro atoms. The van der Waals surface area contributed by atoms with Crippen LogP contribution in [0.2, 0.25) is 0 Å². The molecule has 2 amide bonds. The highest BCUT2D eigenvalue weighted by atomic mass is 32.2. The van der Waals surface area contributed by atoms with Crippen LogP contribution in [0.25, 0.3) is 0 Å². The quantitative estimate of drug-likeness (QED) is 0.378. The molecular formula is C28H33N3O6S. The van der Waals surface area contributed by atoms with Crippen molar-refractivity contribution in [3.05, 3.63) is 84.4 Å². The summed E-state index contributed by atoms with van der Waals surface area (Å²) in [7, 11) is -1.13. The number of methoxy groups -OCH3 is 1. The van der Waals surface area contributed by atoms with Crippen molar-refractivity contribution >= 4 is 27.5 Å². The summed E-state index contributed by atoms with van der Waals surface area (Å²) >= 11 is 0. The molecule has 0 radical (unpaired) electrons. The zero-order chi connectivity index (χ0) is 27.7. The molecule has 1 unspecified atom stereocenters. The summed E-state index contributed by atoms with van der Waals surface area (Å²) in [6.07, 6.45) is 0. The fourth-order valence-electron chi connectivity index (χ4n) is 3.89. The van der Waals surface area contributed by atoms with Crippen molar-refractivity contribution in [2.24, 2.45) is 0 Å². The first-order valence-corrected chi connectivity index (χ1v) is 13.6. The molecule has 3 aromatic carbocycles. The zero-order valence-corrected chi connectivity index (χ0v) is 22.8. The Hall–Kier alpha value is -4.05. The maximum atomic E-state index is 13.8. The standard InChI is InChI=1S/C28H33N3O6S/c1-5-37-26-14-10-9-13-25(26)31(38(34,35)24-11-7-6-8-12-24)20-27(32)30(21(2)28(33)29-3)19-22-15-17-23(36-4)18-16-22/h6-18,21H,5,19-20H2,1-4H3,(H,29,33). The second-order valence-electron chi connectivity index (χ2n) is 8.39. The highest BCUT2D eigenvalue weighted by Gasteiger charge is 2.33. The molecule has 9 nitrogen and oxygen atoms in total. The number of benzene rings is 3. The van der Waals surface area contributed by atoms with E-state index in [9.17, 15) is 18.0 Å². The zero-order valence-electron chi connectivity index (χ0n) is 22.0. The van der Waals surface area contributed by atoms with Crippen LogP contribution in [0.3, 0.4) is 0 Å². The van der Waals surface area contributed by atoms with Crippen molar-refractivity contribution < 1.29 is 27.5 Å². The van der Waals surface area contributed by atoms with Crippen molar-refractivity contribution in [2.45, 2.75) is 31.3 Å². The van der Waals surface area contributed by atoms with Crippen LogP contribution in [0.5, 0.6) is 11.5 Å². The van der Waals surface area contributed by atoms with Crippen LogP contribution < -0.4 is 19.1 Å². The molecule has 0 aliphatic heterocycles. The van der Waals surface area contributed by atoms with E-state index >= 15 is 0 Å². The van der Waals surface area contributed by atoms with Crippen LogP contribution in [-0.2, 0) is 26.2 Å². The Kier molecular flexibility index (Phi) is 9.72. The largest absolute Gasteiger partial charge is 0.497 e. The summed E-state index contributed by atoms with van der Waals surface area (Å²) in [6, 6.07) is 20.8. The first kappa shape index (κ1) is 28.5. The van der Waals surface area contributed by atoms with Gasteiger partial charge in [-0.2, -0.15) is 0 Å². The monoisotopic (exact) mass is 539 g/mol. The lowest BCUT2D eigenvalue weighted by molar-refractivity contribution is -0.139. The van der Waals surface area contributed by atoms with Gasteiger partial charge in [-0.05, 0) is 55.8 Å². The number of sulfonamides is 1. The minimum Gasteiger partial charge on any atom is -0.497 e. The average Bonchev–Trinajstić information content (AvgIpc) is 2.95. The van der Waals surface area contributed by atoms with E-state index in [1.54, 1.807) is 87.7 Å². The smallest absolute Gasteiger partial charge is 0.264 e. The normalized spacial score (nSPS) is 11.8. The van der Waals surface area contributed by atoms with Gasteiger partial charge < -0.3 is 19.7 Å². The number of carbonyl (C=O) groups excluding carboxylic acids is 2. The van der Waals surface area contributed by atoms with Gasteiger partial charge in [-0.1, -0.05) is 42.5 Å². The fourth-order valence-corrected chi connectivity index (χ4v) is 5.34. The number of carbonyl (C=O) groups is 2. The third kappa shape index (κ3) is 6.63. The molecule has 3 aromatic rings. The van der Waals surface area contributed by atoms with Gasteiger partial charge in [0.15, 0.2) is 0 Å². The number of likely N-dealkylation sites (N-methyl/N-ethyl adjacent to an activating group) is 1. The molecular weight excluding hydrogens is 506 g/mol. The van der Waals surface area contributed by atoms with Gasteiger partial charge in [-0.3, -0.25) is 13.9 Å². The summed E-state index contributed by atoms with van der Waals surface area (Å²) in [6.45, 7) is 3.24. The highest BCUT2D eigenvalue weighted by molar-refractivity contribution is 7.92. The van der Waals surface area contributed by atoms with Crippen LogP contribution in [0.4, 0.5) is 5.69 Å². The summed E-state index contributed by atoms with van der Waals surface area (Å²) < 4.78 is 39.6. The summed E-state index contributed by atoms with van der Waals surface area (Å²) in [5.74, 6) is 0.0452. The topological polar surface area (TPSA) is 105 Å². The van der Waals surface area contributed by atoms with E-state index in [-0.39, 0.29) is 23.0 Å². The van der Waals surface area contributed by atoms with Gasteiger partial charge >= 0.3 is 0 Å². The van der Waals surface area contributed by atoms with E-state index in [1.807, 2.05) is 0 Å². The van der Waals surface area contributed by atoms with E-state index in [0.29, 0.717) is 18.1 Å². The third-order valence-corrected chi connectivity index (χ3v) is 7.74. The molecule has 1 atom stereocenters. The molecule has 0 aromatic heterocycles. The second kappa shape index (κ2) is 13.0. The minimum absolute atomic E-state index is 0.0279. The van der Waals surface area contributed by atoms with Gasteiger partial charge in [0.05, 0.1) is 24.3 Å². The maximum absolute atomic E-state index is 13.8. The third-order valence-electron chi connectivity index (χ3n) is 5.97. The van der Waals surface area contributed by atoms with Crippen molar-refractivity contribution in [1.29, 1.82) is 0 Å². The number of para-hydroxylation sites is 2. The van der Waals surface area contributed by atoms with E-state index in [2.05, 4.69) is 5.32 Å². The van der Waals surface area contributed by atoms with E-state index in [1.165, 1.54) is 24.1 Å². The van der Waals surface area contributed by atoms with Crippen molar-refractivity contribution in [2.75, 3.05) is 31.6 Å². The molecule has 38 heavy (non-hydrogen) atoms. The Morgan fingerprint density at radius 1 is 0.947 bits per heavy atom. The Morgan fingerprint density at radius 3 is 2.18 bits per heavy atom. The number of hydrogen-bond donors (Lipinski definition) is 1. The van der Waals surface area contributed by atoms with E-state index < -0.39 is 28.5 Å². The number of ether oxygens (including phenoxy) is 2. The second-order valence-corrected chi connectivity index (χ2v) is 10.2. The Balaban J connectivity index is 2.05. The van der Waals surface area contributed by atoms with Crippen LogP contribution in [-0.4, -0.2) is 58.5 Å². The van der Waals surface area contributed by atoms with Crippen LogP contribution in [0.1, 0.15) is 19.4 Å². The van der Waals surface area contributed by atoms with Crippen molar-refractivity contribution in [3.63, 3.8) is 0 Å². The molecule has 0 saturated heterocycles. The number of rotatable bonds is 12. The van der Waals surface area contributed by atoms with E-state index in [4.69, 9.17) is 9.47 Å². The van der Waals surface area contributed by atoms with Crippen molar-refractivity contribution in [3.8, 4) is 11.5 Å². The lowest BCUT2D eigenvalue weighted by Gasteiger charge is -2.32. The molecule has 0 aliphatic rings. The van der Waals surface area contributed by atoms with Gasteiger partial charge in [0.2, 0.25) is 11.8 Å². The van der Waals surface area contributed by atoms with Crippen LogP contribution in [0.15, 0.2) is 83.8 Å². The van der Waals surface area contributed by atoms with Gasteiger partial charge in [-0.15, -0.1) is 0 Å². The average molecular weight is 540 g/mol. The van der Waals surface area contributed by atoms with Crippen LogP contribution >= 0.6 is 0 Å². The lowest BCUT2D eigenvalue weighted by atomic mass is 10.1. The Bertz CT molecular complexity index is 1330. The van der Waals surface area contributed by atoms with Gasteiger partial charge in [-0.25, -0.2) is 8.42 Å². The van der Waals surface area contributed by atoms with Gasteiger partial charge in [0.25, 0.3) is 10.0 Å². The molecule has 10 heteroatoms. The number of anilines is 1. The summed E-state index contributed by atoms with van der Waals surface area (Å²) in [4.78, 5) is 27.8. The SMILES string of the molecule is CCOc1ccccc1N(CC(=O)N(Cc1ccc(OC)cc1)C(C)C(=O)NC)S(=O)(=O)c1ccccc1. The number of nitrogens with zero attached hydrogens (tertiary/aromatic N) is 2. The van der Waals surface area contributed by atoms with E-state index in [0.717, 1.165) is 9.87 Å². The number of nitrogens with one attached hydrogen (secondary N) is 1. The fraction of sp³-hybridized carbons (Fsp3) is 0.286. The molecule has 0 aliphatic carbocycles. The minimum atomic E-state index is -4.17. The predicted octanol–water partition coefficient (Wildman–Crippen LogP) is 3.45. The van der Waals surface area contributed by atoms with Gasteiger partial charge in [0, 0.05) is 13.6 Å². The summed E-state index contributed by atoms with van der Waals surface area (Å²) in [5, 5.41) is 2.57. The first-order chi connectivity index (χ1) is 18.2. The maximum Gasteiger partial charge on any atom is 0.264 e. The molecule has 0 saturated carbocycles. The number of hydrogen-bond acceptors (Lipinski definition) is 6. The summed E-state index contributed by atoms with van der Waals surface area (Å²) in [5.41, 5.74) is 0.977.